The monoisotopic (exact) mass is 432 g/mol. The molecule has 1 aliphatic heterocycles. The van der Waals surface area contributed by atoms with E-state index in [0.717, 1.165) is 37.2 Å². The van der Waals surface area contributed by atoms with E-state index >= 15 is 0 Å². The number of amides is 1. The molecule has 0 unspecified atom stereocenters. The zero-order valence-corrected chi connectivity index (χ0v) is 17.9. The minimum Gasteiger partial charge on any atom is -0.352 e. The summed E-state index contributed by atoms with van der Waals surface area (Å²) in [5.41, 5.74) is 2.91. The van der Waals surface area contributed by atoms with E-state index in [9.17, 15) is 9.59 Å². The van der Waals surface area contributed by atoms with Gasteiger partial charge in [0.15, 0.2) is 0 Å². The van der Waals surface area contributed by atoms with Crippen molar-refractivity contribution < 1.29 is 9.32 Å². The fourth-order valence-electron chi connectivity index (χ4n) is 4.15. The van der Waals surface area contributed by atoms with E-state index in [1.807, 2.05) is 30.3 Å². The van der Waals surface area contributed by atoms with Gasteiger partial charge in [-0.3, -0.25) is 9.36 Å². The van der Waals surface area contributed by atoms with E-state index in [-0.39, 0.29) is 11.6 Å². The van der Waals surface area contributed by atoms with Crippen LogP contribution in [0.4, 0.5) is 0 Å². The number of carbonyl (C=O) groups is 1. The number of fused-ring (bicyclic) bond motifs is 2. The summed E-state index contributed by atoms with van der Waals surface area (Å²) in [4.78, 5) is 30.0. The van der Waals surface area contributed by atoms with Crippen molar-refractivity contribution in [3.63, 3.8) is 0 Å². The molecule has 0 aliphatic carbocycles. The summed E-state index contributed by atoms with van der Waals surface area (Å²) in [7, 11) is 0. The maximum atomic E-state index is 13.0. The number of carbonyl (C=O) groups excluding carboxylic acids is 1. The quantitative estimate of drug-likeness (QED) is 0.470. The molecular weight excluding hydrogens is 408 g/mol. The molecule has 32 heavy (non-hydrogen) atoms. The SMILES string of the molecule is Cc1noc2nc(-c3ccccc3)cc(C(=O)NCCCn3nc4n(c3=O)CCCC4)c12. The topological polar surface area (TPSA) is 108 Å². The second kappa shape index (κ2) is 8.41. The van der Waals surface area contributed by atoms with Crippen molar-refractivity contribution in [2.75, 3.05) is 6.54 Å². The lowest BCUT2D eigenvalue weighted by molar-refractivity contribution is 0.0954. The van der Waals surface area contributed by atoms with E-state index in [1.54, 1.807) is 17.6 Å². The minimum absolute atomic E-state index is 0.0607. The fourth-order valence-corrected chi connectivity index (χ4v) is 4.15. The number of hydrogen-bond donors (Lipinski definition) is 1. The Morgan fingerprint density at radius 1 is 1.22 bits per heavy atom. The summed E-state index contributed by atoms with van der Waals surface area (Å²) in [5, 5.41) is 12.0. The number of hydrogen-bond acceptors (Lipinski definition) is 6. The van der Waals surface area contributed by atoms with Gasteiger partial charge in [0.2, 0.25) is 0 Å². The van der Waals surface area contributed by atoms with Crippen molar-refractivity contribution in [1.29, 1.82) is 0 Å². The van der Waals surface area contributed by atoms with Gasteiger partial charge < -0.3 is 9.84 Å². The molecule has 9 nitrogen and oxygen atoms in total. The molecule has 0 saturated heterocycles. The van der Waals surface area contributed by atoms with Crippen molar-refractivity contribution in [2.24, 2.45) is 0 Å². The normalized spacial score (nSPS) is 13.3. The predicted octanol–water partition coefficient (Wildman–Crippen LogP) is 2.71. The molecule has 4 aromatic rings. The Labute approximate surface area is 184 Å². The largest absolute Gasteiger partial charge is 0.352 e. The van der Waals surface area contributed by atoms with Crippen LogP contribution in [-0.4, -0.2) is 36.9 Å². The van der Waals surface area contributed by atoms with Gasteiger partial charge in [0.1, 0.15) is 5.82 Å². The maximum Gasteiger partial charge on any atom is 0.345 e. The predicted molar refractivity (Wildman–Crippen MR) is 118 cm³/mol. The van der Waals surface area contributed by atoms with Crippen molar-refractivity contribution in [1.82, 2.24) is 29.8 Å². The van der Waals surface area contributed by atoms with Crippen LogP contribution in [0, 0.1) is 6.92 Å². The number of benzene rings is 1. The summed E-state index contributed by atoms with van der Waals surface area (Å²) in [6.45, 7) is 3.42. The highest BCUT2D eigenvalue weighted by molar-refractivity contribution is 6.06. The van der Waals surface area contributed by atoms with E-state index in [0.29, 0.717) is 47.6 Å². The van der Waals surface area contributed by atoms with E-state index < -0.39 is 0 Å². The van der Waals surface area contributed by atoms with Crippen LogP contribution in [0.3, 0.4) is 0 Å². The van der Waals surface area contributed by atoms with E-state index in [2.05, 4.69) is 20.6 Å². The molecule has 1 aliphatic rings. The third-order valence-corrected chi connectivity index (χ3v) is 5.80. The molecular formula is C23H24N6O3. The molecule has 4 heterocycles. The second-order valence-electron chi connectivity index (χ2n) is 8.01. The lowest BCUT2D eigenvalue weighted by atomic mass is 10.1. The summed E-state index contributed by atoms with van der Waals surface area (Å²) < 4.78 is 8.62. The molecule has 5 rings (SSSR count). The standard InChI is InChI=1S/C23H24N6O3/c1-15-20-17(14-18(25-22(20)32-27-15)16-8-3-2-4-9-16)21(30)24-11-7-13-29-23(31)28-12-6-5-10-19(28)26-29/h2-4,8-9,14H,5-7,10-13H2,1H3,(H,24,30). The van der Waals surface area contributed by atoms with Gasteiger partial charge >= 0.3 is 5.69 Å². The first-order valence-corrected chi connectivity index (χ1v) is 10.9. The second-order valence-corrected chi connectivity index (χ2v) is 8.01. The third-order valence-electron chi connectivity index (χ3n) is 5.80. The molecule has 0 atom stereocenters. The lowest BCUT2D eigenvalue weighted by Crippen LogP contribution is -2.29. The van der Waals surface area contributed by atoms with E-state index in [1.165, 1.54) is 4.68 Å². The van der Waals surface area contributed by atoms with Gasteiger partial charge in [-0.2, -0.15) is 5.10 Å². The highest BCUT2D eigenvalue weighted by atomic mass is 16.5. The third kappa shape index (κ3) is 3.70. The Morgan fingerprint density at radius 3 is 2.88 bits per heavy atom. The van der Waals surface area contributed by atoms with Crippen LogP contribution in [0.1, 0.15) is 41.1 Å². The lowest BCUT2D eigenvalue weighted by Gasteiger charge is -2.09. The van der Waals surface area contributed by atoms with Crippen LogP contribution in [-0.2, 0) is 19.5 Å². The van der Waals surface area contributed by atoms with Crippen molar-refractivity contribution in [3.05, 3.63) is 64.0 Å². The highest BCUT2D eigenvalue weighted by Crippen LogP contribution is 2.26. The van der Waals surface area contributed by atoms with Crippen LogP contribution in [0.5, 0.6) is 0 Å². The summed E-state index contributed by atoms with van der Waals surface area (Å²) in [6, 6.07) is 11.4. The Hall–Kier alpha value is -3.75. The summed E-state index contributed by atoms with van der Waals surface area (Å²) in [5.74, 6) is 0.637. The van der Waals surface area contributed by atoms with Gasteiger partial charge in [-0.25, -0.2) is 14.5 Å². The van der Waals surface area contributed by atoms with Crippen molar-refractivity contribution in [3.8, 4) is 11.3 Å². The molecule has 1 N–H and O–H groups in total. The van der Waals surface area contributed by atoms with Gasteiger partial charge in [-0.05, 0) is 32.3 Å². The molecule has 3 aromatic heterocycles. The Balaban J connectivity index is 1.31. The van der Waals surface area contributed by atoms with Crippen molar-refractivity contribution >= 4 is 17.0 Å². The molecule has 0 fully saturated rings. The first kappa shape index (κ1) is 20.2. The average Bonchev–Trinajstić information content (AvgIpc) is 3.36. The Kier molecular flexibility index (Phi) is 5.30. The van der Waals surface area contributed by atoms with Gasteiger partial charge in [0.25, 0.3) is 11.6 Å². The summed E-state index contributed by atoms with van der Waals surface area (Å²) >= 11 is 0. The molecule has 0 spiro atoms. The fraction of sp³-hybridized carbons (Fsp3) is 0.348. The van der Waals surface area contributed by atoms with Crippen LogP contribution < -0.4 is 11.0 Å². The highest BCUT2D eigenvalue weighted by Gasteiger charge is 2.20. The number of nitrogens with one attached hydrogen (secondary N) is 1. The zero-order chi connectivity index (χ0) is 22.1. The van der Waals surface area contributed by atoms with Crippen molar-refractivity contribution in [2.45, 2.75) is 45.7 Å². The molecule has 1 aromatic carbocycles. The van der Waals surface area contributed by atoms with Gasteiger partial charge in [0, 0.05) is 31.6 Å². The number of pyridine rings is 1. The van der Waals surface area contributed by atoms with Crippen LogP contribution in [0.15, 0.2) is 45.7 Å². The van der Waals surface area contributed by atoms with Crippen LogP contribution >= 0.6 is 0 Å². The first-order valence-electron chi connectivity index (χ1n) is 10.9. The molecule has 0 bridgehead atoms. The minimum atomic E-state index is -0.225. The average molecular weight is 432 g/mol. The van der Waals surface area contributed by atoms with Gasteiger partial charge in [-0.15, -0.1) is 0 Å². The number of rotatable bonds is 6. The maximum absolute atomic E-state index is 13.0. The summed E-state index contributed by atoms with van der Waals surface area (Å²) in [6.07, 6.45) is 3.53. The number of nitrogens with zero attached hydrogens (tertiary/aromatic N) is 5. The van der Waals surface area contributed by atoms with Gasteiger partial charge in [-0.1, -0.05) is 35.5 Å². The Morgan fingerprint density at radius 2 is 2.06 bits per heavy atom. The number of aromatic nitrogens is 5. The first-order chi connectivity index (χ1) is 15.6. The molecule has 1 amide bonds. The molecule has 0 saturated carbocycles. The van der Waals surface area contributed by atoms with Gasteiger partial charge in [0.05, 0.1) is 22.3 Å². The smallest absolute Gasteiger partial charge is 0.345 e. The Bertz CT molecular complexity index is 1340. The number of aryl methyl sites for hydroxylation is 3. The van der Waals surface area contributed by atoms with Crippen LogP contribution in [0.2, 0.25) is 0 Å². The molecule has 0 radical (unpaired) electrons. The van der Waals surface area contributed by atoms with Crippen LogP contribution in [0.25, 0.3) is 22.4 Å². The molecule has 9 heteroatoms. The van der Waals surface area contributed by atoms with E-state index in [4.69, 9.17) is 4.52 Å². The zero-order valence-electron chi connectivity index (χ0n) is 17.9. The molecule has 164 valence electrons.